The monoisotopic (exact) mass is 468 g/mol. The zero-order chi connectivity index (χ0) is 18.4. The fourth-order valence-corrected chi connectivity index (χ4v) is 3.68. The van der Waals surface area contributed by atoms with Crippen molar-refractivity contribution in [3.8, 4) is 11.5 Å². The SMILES string of the molecule is COc1ccc(/C(C)=N\NC(=O)COc2c(Br)cc(C)cc2Br)cc1. The Morgan fingerprint density at radius 3 is 2.32 bits per heavy atom. The molecule has 25 heavy (non-hydrogen) atoms. The van der Waals surface area contributed by atoms with Crippen LogP contribution in [0.4, 0.5) is 0 Å². The third kappa shape index (κ3) is 5.57. The highest BCUT2D eigenvalue weighted by molar-refractivity contribution is 9.11. The van der Waals surface area contributed by atoms with Crippen LogP contribution in [0.15, 0.2) is 50.4 Å². The summed E-state index contributed by atoms with van der Waals surface area (Å²) in [5.74, 6) is 1.01. The van der Waals surface area contributed by atoms with Crippen LogP contribution in [-0.4, -0.2) is 25.3 Å². The number of benzene rings is 2. The number of aryl methyl sites for hydroxylation is 1. The first kappa shape index (κ1) is 19.5. The molecule has 0 aliphatic carbocycles. The Balaban J connectivity index is 1.93. The van der Waals surface area contributed by atoms with Gasteiger partial charge in [0.2, 0.25) is 0 Å². The number of hydrogen-bond acceptors (Lipinski definition) is 4. The number of carbonyl (C=O) groups excluding carboxylic acids is 1. The minimum absolute atomic E-state index is 0.139. The van der Waals surface area contributed by atoms with Gasteiger partial charge in [-0.15, -0.1) is 0 Å². The molecule has 0 heterocycles. The number of methoxy groups -OCH3 is 1. The molecule has 0 saturated carbocycles. The van der Waals surface area contributed by atoms with E-state index in [-0.39, 0.29) is 12.5 Å². The highest BCUT2D eigenvalue weighted by atomic mass is 79.9. The molecule has 0 atom stereocenters. The van der Waals surface area contributed by atoms with Crippen molar-refractivity contribution in [2.24, 2.45) is 5.10 Å². The fraction of sp³-hybridized carbons (Fsp3) is 0.222. The Morgan fingerprint density at radius 1 is 1.16 bits per heavy atom. The lowest BCUT2D eigenvalue weighted by Gasteiger charge is -2.10. The van der Waals surface area contributed by atoms with E-state index < -0.39 is 0 Å². The fourth-order valence-electron chi connectivity index (χ4n) is 2.04. The lowest BCUT2D eigenvalue weighted by Crippen LogP contribution is -2.25. The van der Waals surface area contributed by atoms with Crippen LogP contribution in [0.1, 0.15) is 18.1 Å². The van der Waals surface area contributed by atoms with Gasteiger partial charge in [0.15, 0.2) is 6.61 Å². The Labute approximate surface area is 163 Å². The average Bonchev–Trinajstić information content (AvgIpc) is 2.58. The number of ether oxygens (including phenoxy) is 2. The number of rotatable bonds is 6. The molecule has 5 nitrogen and oxygen atoms in total. The number of amides is 1. The Bertz CT molecular complexity index is 766. The minimum atomic E-state index is -0.341. The molecule has 0 unspecified atom stereocenters. The number of halogens is 2. The highest BCUT2D eigenvalue weighted by Crippen LogP contribution is 2.34. The zero-order valence-corrected chi connectivity index (χ0v) is 17.3. The first-order valence-corrected chi connectivity index (χ1v) is 9.05. The lowest BCUT2D eigenvalue weighted by molar-refractivity contribution is -0.123. The van der Waals surface area contributed by atoms with Crippen molar-refractivity contribution in [1.29, 1.82) is 0 Å². The molecular weight excluding hydrogens is 452 g/mol. The van der Waals surface area contributed by atoms with Crippen LogP contribution in [0.2, 0.25) is 0 Å². The van der Waals surface area contributed by atoms with Crippen molar-refractivity contribution in [2.45, 2.75) is 13.8 Å². The molecule has 2 rings (SSSR count). The zero-order valence-electron chi connectivity index (χ0n) is 14.1. The van der Waals surface area contributed by atoms with Gasteiger partial charge in [0.1, 0.15) is 11.5 Å². The van der Waals surface area contributed by atoms with Gasteiger partial charge in [-0.05, 0) is 93.2 Å². The van der Waals surface area contributed by atoms with E-state index in [1.54, 1.807) is 7.11 Å². The van der Waals surface area contributed by atoms with E-state index in [0.29, 0.717) is 11.5 Å². The summed E-state index contributed by atoms with van der Waals surface area (Å²) in [5, 5.41) is 4.09. The van der Waals surface area contributed by atoms with E-state index in [9.17, 15) is 4.79 Å². The van der Waals surface area contributed by atoms with E-state index in [2.05, 4.69) is 42.4 Å². The molecule has 132 valence electrons. The second-order valence-electron chi connectivity index (χ2n) is 5.31. The molecule has 0 aromatic heterocycles. The van der Waals surface area contributed by atoms with Gasteiger partial charge in [0, 0.05) is 0 Å². The Kier molecular flexibility index (Phi) is 7.01. The summed E-state index contributed by atoms with van der Waals surface area (Å²) in [6.45, 7) is 3.65. The summed E-state index contributed by atoms with van der Waals surface area (Å²) in [6.07, 6.45) is 0. The van der Waals surface area contributed by atoms with Crippen molar-refractivity contribution in [1.82, 2.24) is 5.43 Å². The smallest absolute Gasteiger partial charge is 0.277 e. The third-order valence-electron chi connectivity index (χ3n) is 3.35. The summed E-state index contributed by atoms with van der Waals surface area (Å²) in [6, 6.07) is 11.3. The topological polar surface area (TPSA) is 59.9 Å². The summed E-state index contributed by atoms with van der Waals surface area (Å²) in [5.41, 5.74) is 5.15. The second-order valence-corrected chi connectivity index (χ2v) is 7.02. The van der Waals surface area contributed by atoms with E-state index in [4.69, 9.17) is 9.47 Å². The van der Waals surface area contributed by atoms with Crippen LogP contribution in [0, 0.1) is 6.92 Å². The molecule has 0 saturated heterocycles. The Hall–Kier alpha value is -1.86. The maximum absolute atomic E-state index is 11.9. The molecule has 0 aliphatic heterocycles. The van der Waals surface area contributed by atoms with Gasteiger partial charge in [-0.1, -0.05) is 0 Å². The first-order valence-electron chi connectivity index (χ1n) is 7.46. The molecule has 0 fully saturated rings. The van der Waals surface area contributed by atoms with Crippen molar-refractivity contribution in [3.05, 3.63) is 56.5 Å². The Morgan fingerprint density at radius 2 is 1.76 bits per heavy atom. The summed E-state index contributed by atoms with van der Waals surface area (Å²) < 4.78 is 12.2. The molecule has 1 N–H and O–H groups in total. The van der Waals surface area contributed by atoms with E-state index in [1.807, 2.05) is 50.2 Å². The van der Waals surface area contributed by atoms with Gasteiger partial charge in [0.25, 0.3) is 5.91 Å². The van der Waals surface area contributed by atoms with Crippen LogP contribution < -0.4 is 14.9 Å². The second kappa shape index (κ2) is 9.01. The number of nitrogens with one attached hydrogen (secondary N) is 1. The standard InChI is InChI=1S/C18H18Br2N2O3/c1-11-8-15(19)18(16(20)9-11)25-10-17(23)22-21-12(2)13-4-6-14(24-3)7-5-13/h4-9H,10H2,1-3H3,(H,22,23)/b21-12-. The van der Waals surface area contributed by atoms with Crippen molar-refractivity contribution in [2.75, 3.05) is 13.7 Å². The maximum Gasteiger partial charge on any atom is 0.277 e. The summed E-state index contributed by atoms with van der Waals surface area (Å²) >= 11 is 6.86. The van der Waals surface area contributed by atoms with Gasteiger partial charge < -0.3 is 9.47 Å². The van der Waals surface area contributed by atoms with Crippen molar-refractivity contribution >= 4 is 43.5 Å². The predicted octanol–water partition coefficient (Wildman–Crippen LogP) is 4.45. The molecule has 2 aromatic rings. The quantitative estimate of drug-likeness (QED) is 0.502. The van der Waals surface area contributed by atoms with Crippen LogP contribution in [-0.2, 0) is 4.79 Å². The largest absolute Gasteiger partial charge is 0.497 e. The van der Waals surface area contributed by atoms with Crippen LogP contribution in [0.25, 0.3) is 0 Å². The molecular formula is C18H18Br2N2O3. The van der Waals surface area contributed by atoms with Gasteiger partial charge in [0.05, 0.1) is 21.8 Å². The van der Waals surface area contributed by atoms with E-state index in [0.717, 1.165) is 25.8 Å². The summed E-state index contributed by atoms with van der Waals surface area (Å²) in [4.78, 5) is 11.9. The van der Waals surface area contributed by atoms with Gasteiger partial charge >= 0.3 is 0 Å². The summed E-state index contributed by atoms with van der Waals surface area (Å²) in [7, 11) is 1.61. The van der Waals surface area contributed by atoms with Crippen LogP contribution >= 0.6 is 31.9 Å². The number of nitrogens with zero attached hydrogens (tertiary/aromatic N) is 1. The molecule has 1 amide bonds. The van der Waals surface area contributed by atoms with Crippen LogP contribution in [0.5, 0.6) is 11.5 Å². The van der Waals surface area contributed by atoms with Gasteiger partial charge in [-0.3, -0.25) is 4.79 Å². The molecule has 0 radical (unpaired) electrons. The van der Waals surface area contributed by atoms with Crippen molar-refractivity contribution in [3.63, 3.8) is 0 Å². The van der Waals surface area contributed by atoms with Gasteiger partial charge in [-0.2, -0.15) is 5.10 Å². The van der Waals surface area contributed by atoms with E-state index >= 15 is 0 Å². The number of hydrazone groups is 1. The number of hydrogen-bond donors (Lipinski definition) is 1. The molecule has 0 aliphatic rings. The number of carbonyl (C=O) groups is 1. The first-order chi connectivity index (χ1) is 11.9. The molecule has 7 heteroatoms. The molecule has 2 aromatic carbocycles. The third-order valence-corrected chi connectivity index (χ3v) is 4.52. The molecule has 0 bridgehead atoms. The van der Waals surface area contributed by atoms with Crippen molar-refractivity contribution < 1.29 is 14.3 Å². The molecule has 0 spiro atoms. The van der Waals surface area contributed by atoms with Crippen LogP contribution in [0.3, 0.4) is 0 Å². The lowest BCUT2D eigenvalue weighted by atomic mass is 10.1. The van der Waals surface area contributed by atoms with E-state index in [1.165, 1.54) is 0 Å². The predicted molar refractivity (Wildman–Crippen MR) is 105 cm³/mol. The minimum Gasteiger partial charge on any atom is -0.497 e. The normalized spacial score (nSPS) is 11.2. The van der Waals surface area contributed by atoms with Gasteiger partial charge in [-0.25, -0.2) is 5.43 Å². The highest BCUT2D eigenvalue weighted by Gasteiger charge is 2.10. The maximum atomic E-state index is 11.9. The average molecular weight is 470 g/mol.